The van der Waals surface area contributed by atoms with Crippen molar-refractivity contribution in [2.75, 3.05) is 13.2 Å². The highest BCUT2D eigenvalue weighted by atomic mass is 16.5. The van der Waals surface area contributed by atoms with Gasteiger partial charge in [-0.25, -0.2) is 0 Å². The third kappa shape index (κ3) is 2.95. The van der Waals surface area contributed by atoms with E-state index in [4.69, 9.17) is 4.74 Å². The summed E-state index contributed by atoms with van der Waals surface area (Å²) in [6, 6.07) is 0. The minimum atomic E-state index is -0.673. The molecule has 2 nitrogen and oxygen atoms in total. The van der Waals surface area contributed by atoms with E-state index in [1.165, 1.54) is 0 Å². The van der Waals surface area contributed by atoms with Crippen LogP contribution in [0, 0.1) is 0 Å². The fraction of sp³-hybridized carbons (Fsp3) is 0.800. The molecule has 0 aliphatic heterocycles. The van der Waals surface area contributed by atoms with Crippen LogP contribution in [-0.2, 0) is 4.74 Å². The highest BCUT2D eigenvalue weighted by Gasteiger charge is 2.24. The van der Waals surface area contributed by atoms with Crippen molar-refractivity contribution in [2.45, 2.75) is 38.2 Å². The molecule has 1 atom stereocenters. The van der Waals surface area contributed by atoms with Gasteiger partial charge in [-0.2, -0.15) is 0 Å². The van der Waals surface area contributed by atoms with Gasteiger partial charge in [0, 0.05) is 6.61 Å². The summed E-state index contributed by atoms with van der Waals surface area (Å²) in [5.41, 5.74) is -0.673. The van der Waals surface area contributed by atoms with Crippen molar-refractivity contribution in [3.8, 4) is 0 Å². The maximum atomic E-state index is 9.89. The van der Waals surface area contributed by atoms with Gasteiger partial charge in [-0.1, -0.05) is 19.1 Å². The van der Waals surface area contributed by atoms with E-state index in [1.54, 1.807) is 0 Å². The Morgan fingerprint density at radius 3 is 3.00 bits per heavy atom. The first-order valence-electron chi connectivity index (χ1n) is 4.75. The van der Waals surface area contributed by atoms with E-state index < -0.39 is 5.60 Å². The lowest BCUT2D eigenvalue weighted by Crippen LogP contribution is -2.33. The highest BCUT2D eigenvalue weighted by Crippen LogP contribution is 2.21. The zero-order valence-electron chi connectivity index (χ0n) is 7.75. The molecule has 0 amide bonds. The Labute approximate surface area is 74.2 Å². The molecule has 1 unspecified atom stereocenters. The first-order chi connectivity index (χ1) is 5.77. The van der Waals surface area contributed by atoms with Crippen molar-refractivity contribution in [3.05, 3.63) is 12.2 Å². The van der Waals surface area contributed by atoms with E-state index in [2.05, 4.69) is 6.92 Å². The molecule has 1 N–H and O–H groups in total. The molecule has 0 saturated carbocycles. The lowest BCUT2D eigenvalue weighted by molar-refractivity contribution is -0.0217. The lowest BCUT2D eigenvalue weighted by atomic mass is 9.92. The molecule has 2 heteroatoms. The van der Waals surface area contributed by atoms with Crippen molar-refractivity contribution in [2.24, 2.45) is 0 Å². The van der Waals surface area contributed by atoms with E-state index in [-0.39, 0.29) is 0 Å². The maximum Gasteiger partial charge on any atom is 0.106 e. The van der Waals surface area contributed by atoms with Crippen LogP contribution in [0.5, 0.6) is 0 Å². The van der Waals surface area contributed by atoms with E-state index >= 15 is 0 Å². The Hall–Kier alpha value is -0.340. The van der Waals surface area contributed by atoms with Gasteiger partial charge in [0.2, 0.25) is 0 Å². The van der Waals surface area contributed by atoms with E-state index in [0.717, 1.165) is 32.3 Å². The Balaban J connectivity index is 2.27. The molecule has 1 aliphatic carbocycles. The summed E-state index contributed by atoms with van der Waals surface area (Å²) < 4.78 is 5.32. The molecule has 0 fully saturated rings. The Bertz CT molecular complexity index is 154. The predicted molar refractivity (Wildman–Crippen MR) is 49.1 cm³/mol. The van der Waals surface area contributed by atoms with Gasteiger partial charge in [-0.05, 0) is 25.7 Å². The van der Waals surface area contributed by atoms with Crippen molar-refractivity contribution < 1.29 is 9.84 Å². The summed E-state index contributed by atoms with van der Waals surface area (Å²) in [7, 11) is 0. The van der Waals surface area contributed by atoms with Crippen molar-refractivity contribution >= 4 is 0 Å². The fourth-order valence-electron chi connectivity index (χ4n) is 1.43. The van der Waals surface area contributed by atoms with Gasteiger partial charge in [-0.3, -0.25) is 0 Å². The van der Waals surface area contributed by atoms with Crippen LogP contribution < -0.4 is 0 Å². The fourth-order valence-corrected chi connectivity index (χ4v) is 1.43. The number of hydrogen-bond donors (Lipinski definition) is 1. The largest absolute Gasteiger partial charge is 0.383 e. The topological polar surface area (TPSA) is 29.5 Å². The summed E-state index contributed by atoms with van der Waals surface area (Å²) in [5.74, 6) is 0. The van der Waals surface area contributed by atoms with Gasteiger partial charge < -0.3 is 9.84 Å². The SMILES string of the molecule is CCCOCC1(O)C=CCCC1. The van der Waals surface area contributed by atoms with Gasteiger partial charge >= 0.3 is 0 Å². The Kier molecular flexibility index (Phi) is 3.76. The van der Waals surface area contributed by atoms with E-state index in [1.807, 2.05) is 12.2 Å². The molecular weight excluding hydrogens is 152 g/mol. The summed E-state index contributed by atoms with van der Waals surface area (Å²) in [6.45, 7) is 3.27. The highest BCUT2D eigenvalue weighted by molar-refractivity contribution is 5.04. The molecule has 0 spiro atoms. The molecular formula is C10H18O2. The predicted octanol–water partition coefficient (Wildman–Crippen LogP) is 1.88. The van der Waals surface area contributed by atoms with Crippen LogP contribution in [0.15, 0.2) is 12.2 Å². The van der Waals surface area contributed by atoms with Gasteiger partial charge in [0.05, 0.1) is 6.61 Å². The zero-order valence-corrected chi connectivity index (χ0v) is 7.75. The molecule has 1 aliphatic rings. The standard InChI is InChI=1S/C10H18O2/c1-2-8-12-9-10(11)6-4-3-5-7-10/h4,6,11H,2-3,5,7-9H2,1H3. The average Bonchev–Trinajstić information content (AvgIpc) is 2.06. The van der Waals surface area contributed by atoms with Gasteiger partial charge in [-0.15, -0.1) is 0 Å². The number of aliphatic hydroxyl groups is 1. The first-order valence-corrected chi connectivity index (χ1v) is 4.75. The second-order valence-electron chi connectivity index (χ2n) is 3.45. The lowest BCUT2D eigenvalue weighted by Gasteiger charge is -2.26. The van der Waals surface area contributed by atoms with Crippen LogP contribution in [0.3, 0.4) is 0 Å². The van der Waals surface area contributed by atoms with Crippen LogP contribution in [0.2, 0.25) is 0 Å². The number of hydrogen-bond acceptors (Lipinski definition) is 2. The van der Waals surface area contributed by atoms with E-state index in [0.29, 0.717) is 6.61 Å². The van der Waals surface area contributed by atoms with Crippen LogP contribution in [-0.4, -0.2) is 23.9 Å². The van der Waals surface area contributed by atoms with Crippen molar-refractivity contribution in [1.29, 1.82) is 0 Å². The molecule has 0 heterocycles. The molecule has 0 aromatic heterocycles. The van der Waals surface area contributed by atoms with Crippen LogP contribution in [0.4, 0.5) is 0 Å². The Morgan fingerprint density at radius 2 is 2.42 bits per heavy atom. The third-order valence-corrected chi connectivity index (χ3v) is 2.11. The van der Waals surface area contributed by atoms with Gasteiger partial charge in [0.15, 0.2) is 0 Å². The summed E-state index contributed by atoms with van der Waals surface area (Å²) in [4.78, 5) is 0. The smallest absolute Gasteiger partial charge is 0.106 e. The number of rotatable bonds is 4. The molecule has 12 heavy (non-hydrogen) atoms. The van der Waals surface area contributed by atoms with Crippen molar-refractivity contribution in [3.63, 3.8) is 0 Å². The summed E-state index contributed by atoms with van der Waals surface area (Å²) in [6.07, 6.45) is 7.94. The van der Waals surface area contributed by atoms with Gasteiger partial charge in [0.25, 0.3) is 0 Å². The maximum absolute atomic E-state index is 9.89. The summed E-state index contributed by atoms with van der Waals surface area (Å²) >= 11 is 0. The average molecular weight is 170 g/mol. The second-order valence-corrected chi connectivity index (χ2v) is 3.45. The minimum absolute atomic E-state index is 0.456. The Morgan fingerprint density at radius 1 is 1.58 bits per heavy atom. The number of allylic oxidation sites excluding steroid dienone is 1. The number of ether oxygens (including phenoxy) is 1. The molecule has 0 aromatic carbocycles. The quantitative estimate of drug-likeness (QED) is 0.515. The molecule has 0 aromatic rings. The monoisotopic (exact) mass is 170 g/mol. The molecule has 1 rings (SSSR count). The normalized spacial score (nSPS) is 29.2. The van der Waals surface area contributed by atoms with Crippen LogP contribution >= 0.6 is 0 Å². The van der Waals surface area contributed by atoms with Crippen molar-refractivity contribution in [1.82, 2.24) is 0 Å². The van der Waals surface area contributed by atoms with Gasteiger partial charge in [0.1, 0.15) is 5.60 Å². The molecule has 0 bridgehead atoms. The summed E-state index contributed by atoms with van der Waals surface area (Å²) in [5, 5.41) is 9.89. The first kappa shape index (κ1) is 9.75. The third-order valence-electron chi connectivity index (χ3n) is 2.11. The second kappa shape index (κ2) is 4.63. The molecule has 70 valence electrons. The molecule has 0 saturated heterocycles. The minimum Gasteiger partial charge on any atom is -0.383 e. The van der Waals surface area contributed by atoms with Crippen LogP contribution in [0.25, 0.3) is 0 Å². The zero-order chi connectivity index (χ0) is 8.86. The molecule has 0 radical (unpaired) electrons. The van der Waals surface area contributed by atoms with Crippen LogP contribution in [0.1, 0.15) is 32.6 Å². The van der Waals surface area contributed by atoms with E-state index in [9.17, 15) is 5.11 Å².